The first kappa shape index (κ1) is 23.1. The first-order valence-corrected chi connectivity index (χ1v) is 11.2. The van der Waals surface area contributed by atoms with Gasteiger partial charge in [0.2, 0.25) is 0 Å². The average molecular weight is 383 g/mol. The highest BCUT2D eigenvalue weighted by molar-refractivity contribution is 4.86. The molecule has 0 amide bonds. The van der Waals surface area contributed by atoms with Crippen LogP contribution < -0.4 is 0 Å². The van der Waals surface area contributed by atoms with E-state index in [0.717, 1.165) is 52.4 Å². The van der Waals surface area contributed by atoms with Crippen LogP contribution in [0.4, 0.5) is 0 Å². The Balaban J connectivity index is 1.87. The van der Waals surface area contributed by atoms with Gasteiger partial charge in [0, 0.05) is 32.2 Å². The summed E-state index contributed by atoms with van der Waals surface area (Å²) in [6.07, 6.45) is 4.04. The molecule has 0 aromatic rings. The molecule has 160 valence electrons. The molecule has 2 atom stereocenters. The SMILES string of the molecule is CC(C)C(CC(C)(C)CC1CN(CCC(C)(C)C)CCO1)N1CCOCC1. The van der Waals surface area contributed by atoms with Gasteiger partial charge in [0.25, 0.3) is 0 Å². The van der Waals surface area contributed by atoms with Gasteiger partial charge in [0.1, 0.15) is 0 Å². The molecule has 0 radical (unpaired) electrons. The van der Waals surface area contributed by atoms with E-state index in [2.05, 4.69) is 58.3 Å². The van der Waals surface area contributed by atoms with E-state index in [1.165, 1.54) is 19.4 Å². The summed E-state index contributed by atoms with van der Waals surface area (Å²) in [5.41, 5.74) is 0.709. The highest BCUT2D eigenvalue weighted by Crippen LogP contribution is 2.34. The molecule has 0 spiro atoms. The number of hydrogen-bond acceptors (Lipinski definition) is 4. The Labute approximate surface area is 169 Å². The minimum Gasteiger partial charge on any atom is -0.379 e. The van der Waals surface area contributed by atoms with E-state index < -0.39 is 0 Å². The molecule has 0 aromatic heterocycles. The molecule has 0 saturated carbocycles. The van der Waals surface area contributed by atoms with Gasteiger partial charge < -0.3 is 9.47 Å². The van der Waals surface area contributed by atoms with Crippen LogP contribution in [0.2, 0.25) is 0 Å². The third kappa shape index (κ3) is 8.39. The van der Waals surface area contributed by atoms with E-state index in [1.54, 1.807) is 0 Å². The molecule has 4 nitrogen and oxygen atoms in total. The molecule has 27 heavy (non-hydrogen) atoms. The van der Waals surface area contributed by atoms with Gasteiger partial charge in [-0.3, -0.25) is 9.80 Å². The summed E-state index contributed by atoms with van der Waals surface area (Å²) < 4.78 is 11.8. The van der Waals surface area contributed by atoms with Crippen LogP contribution in [-0.2, 0) is 9.47 Å². The van der Waals surface area contributed by atoms with Crippen LogP contribution in [0.25, 0.3) is 0 Å². The number of nitrogens with zero attached hydrogens (tertiary/aromatic N) is 2. The fraction of sp³-hybridized carbons (Fsp3) is 1.00. The fourth-order valence-corrected chi connectivity index (χ4v) is 4.56. The lowest BCUT2D eigenvalue weighted by molar-refractivity contribution is -0.0572. The van der Waals surface area contributed by atoms with Crippen LogP contribution in [0.3, 0.4) is 0 Å². The smallest absolute Gasteiger partial charge is 0.0707 e. The molecule has 0 aliphatic carbocycles. The van der Waals surface area contributed by atoms with Gasteiger partial charge in [-0.25, -0.2) is 0 Å². The number of morpholine rings is 2. The van der Waals surface area contributed by atoms with Crippen molar-refractivity contribution in [2.45, 2.75) is 79.9 Å². The van der Waals surface area contributed by atoms with Crippen LogP contribution in [0.5, 0.6) is 0 Å². The van der Waals surface area contributed by atoms with Gasteiger partial charge in [-0.1, -0.05) is 48.5 Å². The van der Waals surface area contributed by atoms with Crippen molar-refractivity contribution in [3.8, 4) is 0 Å². The lowest BCUT2D eigenvalue weighted by Gasteiger charge is -2.43. The molecule has 0 aromatic carbocycles. The van der Waals surface area contributed by atoms with Crippen LogP contribution in [0.15, 0.2) is 0 Å². The van der Waals surface area contributed by atoms with Crippen LogP contribution in [0, 0.1) is 16.7 Å². The molecule has 2 fully saturated rings. The maximum Gasteiger partial charge on any atom is 0.0707 e. The highest BCUT2D eigenvalue weighted by Gasteiger charge is 2.34. The quantitative estimate of drug-likeness (QED) is 0.625. The monoisotopic (exact) mass is 382 g/mol. The minimum absolute atomic E-state index is 0.297. The molecule has 2 heterocycles. The zero-order chi connectivity index (χ0) is 20.1. The molecule has 2 unspecified atom stereocenters. The summed E-state index contributed by atoms with van der Waals surface area (Å²) >= 11 is 0. The van der Waals surface area contributed by atoms with Gasteiger partial charge >= 0.3 is 0 Å². The Morgan fingerprint density at radius 2 is 1.63 bits per heavy atom. The van der Waals surface area contributed by atoms with Gasteiger partial charge in [-0.05, 0) is 42.6 Å². The van der Waals surface area contributed by atoms with Crippen molar-refractivity contribution in [3.63, 3.8) is 0 Å². The first-order valence-electron chi connectivity index (χ1n) is 11.2. The average Bonchev–Trinajstić information content (AvgIpc) is 2.58. The largest absolute Gasteiger partial charge is 0.379 e. The molecular formula is C23H46N2O2. The van der Waals surface area contributed by atoms with Crippen molar-refractivity contribution in [2.24, 2.45) is 16.7 Å². The van der Waals surface area contributed by atoms with E-state index in [9.17, 15) is 0 Å². The second kappa shape index (κ2) is 10.0. The van der Waals surface area contributed by atoms with Crippen LogP contribution >= 0.6 is 0 Å². The molecule has 2 saturated heterocycles. The second-order valence-corrected chi connectivity index (χ2v) is 11.1. The Bertz CT molecular complexity index is 425. The van der Waals surface area contributed by atoms with E-state index in [0.29, 0.717) is 28.9 Å². The molecule has 2 rings (SSSR count). The molecular weight excluding hydrogens is 336 g/mol. The topological polar surface area (TPSA) is 24.9 Å². The Kier molecular flexibility index (Phi) is 8.60. The van der Waals surface area contributed by atoms with Crippen molar-refractivity contribution in [1.82, 2.24) is 9.80 Å². The Hall–Kier alpha value is -0.160. The summed E-state index contributed by atoms with van der Waals surface area (Å²) in [7, 11) is 0. The predicted octanol–water partition coefficient (Wildman–Crippen LogP) is 4.29. The van der Waals surface area contributed by atoms with Gasteiger partial charge in [-0.15, -0.1) is 0 Å². The van der Waals surface area contributed by atoms with Crippen molar-refractivity contribution in [2.75, 3.05) is 52.5 Å². The third-order valence-corrected chi connectivity index (χ3v) is 6.23. The first-order chi connectivity index (χ1) is 12.6. The second-order valence-electron chi connectivity index (χ2n) is 11.1. The van der Waals surface area contributed by atoms with Crippen LogP contribution in [0.1, 0.15) is 67.7 Å². The van der Waals surface area contributed by atoms with Gasteiger partial charge in [-0.2, -0.15) is 0 Å². The Morgan fingerprint density at radius 1 is 0.963 bits per heavy atom. The van der Waals surface area contributed by atoms with Crippen molar-refractivity contribution < 1.29 is 9.47 Å². The maximum absolute atomic E-state index is 6.19. The summed E-state index contributed by atoms with van der Waals surface area (Å²) in [4.78, 5) is 5.28. The molecule has 4 heteroatoms. The number of rotatable bonds is 8. The normalized spacial score (nSPS) is 25.1. The zero-order valence-electron chi connectivity index (χ0n) is 19.2. The van der Waals surface area contributed by atoms with E-state index >= 15 is 0 Å². The highest BCUT2D eigenvalue weighted by atomic mass is 16.5. The molecule has 0 N–H and O–H groups in total. The van der Waals surface area contributed by atoms with Gasteiger partial charge in [0.05, 0.1) is 25.9 Å². The summed E-state index contributed by atoms with van der Waals surface area (Å²) in [5, 5.41) is 0. The molecule has 0 bridgehead atoms. The maximum atomic E-state index is 6.19. The Morgan fingerprint density at radius 3 is 2.22 bits per heavy atom. The number of hydrogen-bond donors (Lipinski definition) is 0. The summed E-state index contributed by atoms with van der Waals surface area (Å²) in [6.45, 7) is 24.9. The van der Waals surface area contributed by atoms with E-state index in [4.69, 9.17) is 9.47 Å². The summed E-state index contributed by atoms with van der Waals surface area (Å²) in [5.74, 6) is 0.679. The van der Waals surface area contributed by atoms with E-state index in [1.807, 2.05) is 0 Å². The predicted molar refractivity (Wildman–Crippen MR) is 114 cm³/mol. The minimum atomic E-state index is 0.297. The molecule has 2 aliphatic heterocycles. The lowest BCUT2D eigenvalue weighted by atomic mass is 9.77. The van der Waals surface area contributed by atoms with Crippen molar-refractivity contribution in [3.05, 3.63) is 0 Å². The van der Waals surface area contributed by atoms with Crippen molar-refractivity contribution in [1.29, 1.82) is 0 Å². The van der Waals surface area contributed by atoms with Crippen molar-refractivity contribution >= 4 is 0 Å². The number of ether oxygens (including phenoxy) is 2. The third-order valence-electron chi connectivity index (χ3n) is 6.23. The van der Waals surface area contributed by atoms with E-state index in [-0.39, 0.29) is 0 Å². The fourth-order valence-electron chi connectivity index (χ4n) is 4.56. The molecule has 2 aliphatic rings. The van der Waals surface area contributed by atoms with Crippen LogP contribution in [-0.4, -0.2) is 74.5 Å². The lowest BCUT2D eigenvalue weighted by Crippen LogP contribution is -2.49. The standard InChI is InChI=1S/C23H46N2O2/c1-19(2)21(25-11-13-26-14-12-25)17-23(6,7)16-20-18-24(10-15-27-20)9-8-22(3,4)5/h19-21H,8-18H2,1-7H3. The zero-order valence-corrected chi connectivity index (χ0v) is 19.2. The van der Waals surface area contributed by atoms with Gasteiger partial charge in [0.15, 0.2) is 0 Å². The summed E-state index contributed by atoms with van der Waals surface area (Å²) in [6, 6.07) is 0.643.